The van der Waals surface area contributed by atoms with E-state index in [1.165, 1.54) is 19.3 Å². The fourth-order valence-electron chi connectivity index (χ4n) is 2.43. The van der Waals surface area contributed by atoms with Gasteiger partial charge in [0.05, 0.1) is 0 Å². The molecule has 0 aromatic rings. The van der Waals surface area contributed by atoms with Gasteiger partial charge in [-0.25, -0.2) is 0 Å². The van der Waals surface area contributed by atoms with Crippen molar-refractivity contribution in [3.05, 3.63) is 0 Å². The molecule has 1 unspecified atom stereocenters. The van der Waals surface area contributed by atoms with Crippen LogP contribution in [0.25, 0.3) is 0 Å². The monoisotopic (exact) mass is 213 g/mol. The predicted molar refractivity (Wildman–Crippen MR) is 60.9 cm³/mol. The van der Waals surface area contributed by atoms with Gasteiger partial charge in [0, 0.05) is 12.5 Å². The van der Waals surface area contributed by atoms with Gasteiger partial charge in [-0.3, -0.25) is 4.79 Å². The fraction of sp³-hybridized carbons (Fsp3) is 0.917. The van der Waals surface area contributed by atoms with E-state index in [0.29, 0.717) is 12.5 Å². The number of hydrogen-bond donors (Lipinski definition) is 1. The van der Waals surface area contributed by atoms with Crippen LogP contribution < -0.4 is 0 Å². The molecule has 1 saturated heterocycles. The first-order valence-corrected chi connectivity index (χ1v) is 6.05. The van der Waals surface area contributed by atoms with Gasteiger partial charge in [-0.2, -0.15) is 0 Å². The third kappa shape index (κ3) is 4.65. The van der Waals surface area contributed by atoms with Crippen LogP contribution in [0.15, 0.2) is 0 Å². The minimum atomic E-state index is -0.672. The molecule has 0 bridgehead atoms. The Kier molecular flexibility index (Phi) is 5.09. The van der Waals surface area contributed by atoms with Gasteiger partial charge >= 0.3 is 5.97 Å². The topological polar surface area (TPSA) is 40.5 Å². The van der Waals surface area contributed by atoms with E-state index in [9.17, 15) is 4.79 Å². The molecule has 0 saturated carbocycles. The summed E-state index contributed by atoms with van der Waals surface area (Å²) in [4.78, 5) is 12.9. The molecule has 15 heavy (non-hydrogen) atoms. The standard InChI is InChI=1S/C12H23NO2/c1-10(2)9-11-5-3-7-13(11)8-4-6-12(14)15/h10-11H,3-9H2,1-2H3,(H,14,15). The smallest absolute Gasteiger partial charge is 0.303 e. The Morgan fingerprint density at radius 3 is 2.87 bits per heavy atom. The number of carboxylic acids is 1. The Morgan fingerprint density at radius 2 is 2.27 bits per heavy atom. The lowest BCUT2D eigenvalue weighted by atomic mass is 10.0. The Balaban J connectivity index is 2.24. The third-order valence-corrected chi connectivity index (χ3v) is 3.08. The first-order chi connectivity index (χ1) is 7.09. The van der Waals surface area contributed by atoms with Crippen LogP contribution in [0.4, 0.5) is 0 Å². The molecule has 1 N–H and O–H groups in total. The second-order valence-electron chi connectivity index (χ2n) is 4.96. The summed E-state index contributed by atoms with van der Waals surface area (Å²) in [7, 11) is 0. The average Bonchev–Trinajstić information content (AvgIpc) is 2.51. The van der Waals surface area contributed by atoms with Gasteiger partial charge in [0.25, 0.3) is 0 Å². The number of rotatable bonds is 6. The number of hydrogen-bond acceptors (Lipinski definition) is 2. The molecule has 1 atom stereocenters. The van der Waals surface area contributed by atoms with Crippen molar-refractivity contribution in [1.29, 1.82) is 0 Å². The van der Waals surface area contributed by atoms with Crippen molar-refractivity contribution in [1.82, 2.24) is 4.90 Å². The largest absolute Gasteiger partial charge is 0.481 e. The van der Waals surface area contributed by atoms with Gasteiger partial charge in [0.15, 0.2) is 0 Å². The minimum Gasteiger partial charge on any atom is -0.481 e. The van der Waals surface area contributed by atoms with Crippen LogP contribution in [0.3, 0.4) is 0 Å². The maximum absolute atomic E-state index is 10.4. The second-order valence-corrected chi connectivity index (χ2v) is 4.96. The molecule has 1 heterocycles. The van der Waals surface area contributed by atoms with Gasteiger partial charge in [-0.15, -0.1) is 0 Å². The molecular weight excluding hydrogens is 190 g/mol. The Hall–Kier alpha value is -0.570. The molecule has 0 aromatic heterocycles. The zero-order valence-electron chi connectivity index (χ0n) is 9.91. The highest BCUT2D eigenvalue weighted by molar-refractivity contribution is 5.66. The van der Waals surface area contributed by atoms with E-state index in [4.69, 9.17) is 5.11 Å². The number of nitrogens with zero attached hydrogens (tertiary/aromatic N) is 1. The highest BCUT2D eigenvalue weighted by atomic mass is 16.4. The zero-order valence-corrected chi connectivity index (χ0v) is 9.91. The zero-order chi connectivity index (χ0) is 11.3. The quantitative estimate of drug-likeness (QED) is 0.736. The van der Waals surface area contributed by atoms with Crippen molar-refractivity contribution in [2.75, 3.05) is 13.1 Å². The van der Waals surface area contributed by atoms with Crippen molar-refractivity contribution in [2.45, 2.75) is 52.0 Å². The third-order valence-electron chi connectivity index (χ3n) is 3.08. The summed E-state index contributed by atoms with van der Waals surface area (Å²) in [5.41, 5.74) is 0. The van der Waals surface area contributed by atoms with Crippen LogP contribution in [-0.2, 0) is 4.79 Å². The van der Waals surface area contributed by atoms with Crippen molar-refractivity contribution in [3.63, 3.8) is 0 Å². The van der Waals surface area contributed by atoms with Crippen LogP contribution in [0.2, 0.25) is 0 Å². The summed E-state index contributed by atoms with van der Waals surface area (Å²) in [6.45, 7) is 6.64. The molecule has 1 fully saturated rings. The van der Waals surface area contributed by atoms with E-state index < -0.39 is 5.97 Å². The van der Waals surface area contributed by atoms with Crippen LogP contribution in [-0.4, -0.2) is 35.1 Å². The number of likely N-dealkylation sites (tertiary alicyclic amines) is 1. The highest BCUT2D eigenvalue weighted by Gasteiger charge is 2.24. The minimum absolute atomic E-state index is 0.310. The molecule has 0 radical (unpaired) electrons. The Labute approximate surface area is 92.5 Å². The average molecular weight is 213 g/mol. The molecular formula is C12H23NO2. The summed E-state index contributed by atoms with van der Waals surface area (Å²) in [5.74, 6) is 0.0738. The highest BCUT2D eigenvalue weighted by Crippen LogP contribution is 2.23. The molecule has 0 aliphatic carbocycles. The van der Waals surface area contributed by atoms with E-state index in [-0.39, 0.29) is 0 Å². The summed E-state index contributed by atoms with van der Waals surface area (Å²) >= 11 is 0. The van der Waals surface area contributed by atoms with Crippen molar-refractivity contribution >= 4 is 5.97 Å². The maximum Gasteiger partial charge on any atom is 0.303 e. The van der Waals surface area contributed by atoms with E-state index in [2.05, 4.69) is 18.7 Å². The lowest BCUT2D eigenvalue weighted by Gasteiger charge is -2.25. The summed E-state index contributed by atoms with van der Waals surface area (Å²) in [6.07, 6.45) is 4.94. The summed E-state index contributed by atoms with van der Waals surface area (Å²) in [5, 5.41) is 8.58. The van der Waals surface area contributed by atoms with E-state index in [1.807, 2.05) is 0 Å². The van der Waals surface area contributed by atoms with E-state index in [1.54, 1.807) is 0 Å². The second kappa shape index (κ2) is 6.11. The van der Waals surface area contributed by atoms with Crippen molar-refractivity contribution in [3.8, 4) is 0 Å². The van der Waals surface area contributed by atoms with Crippen LogP contribution in [0, 0.1) is 5.92 Å². The molecule has 88 valence electrons. The van der Waals surface area contributed by atoms with Gasteiger partial charge in [-0.1, -0.05) is 13.8 Å². The van der Waals surface area contributed by atoms with Gasteiger partial charge in [0.1, 0.15) is 0 Å². The molecule has 1 rings (SSSR count). The fourth-order valence-corrected chi connectivity index (χ4v) is 2.43. The van der Waals surface area contributed by atoms with Crippen molar-refractivity contribution in [2.24, 2.45) is 5.92 Å². The van der Waals surface area contributed by atoms with E-state index >= 15 is 0 Å². The first kappa shape index (κ1) is 12.5. The van der Waals surface area contributed by atoms with Gasteiger partial charge < -0.3 is 10.0 Å². The summed E-state index contributed by atoms with van der Waals surface area (Å²) < 4.78 is 0. The summed E-state index contributed by atoms with van der Waals surface area (Å²) in [6, 6.07) is 0.707. The molecule has 0 aromatic carbocycles. The first-order valence-electron chi connectivity index (χ1n) is 6.05. The van der Waals surface area contributed by atoms with Gasteiger partial charge in [0.2, 0.25) is 0 Å². The predicted octanol–water partition coefficient (Wildman–Crippen LogP) is 2.36. The van der Waals surface area contributed by atoms with E-state index in [0.717, 1.165) is 25.4 Å². The molecule has 3 heteroatoms. The normalized spacial score (nSPS) is 22.5. The number of aliphatic carboxylic acids is 1. The lowest BCUT2D eigenvalue weighted by Crippen LogP contribution is -2.31. The van der Waals surface area contributed by atoms with Crippen LogP contribution >= 0.6 is 0 Å². The Morgan fingerprint density at radius 1 is 1.53 bits per heavy atom. The maximum atomic E-state index is 10.4. The van der Waals surface area contributed by atoms with Crippen molar-refractivity contribution < 1.29 is 9.90 Å². The lowest BCUT2D eigenvalue weighted by molar-refractivity contribution is -0.137. The molecule has 1 aliphatic rings. The molecule has 3 nitrogen and oxygen atoms in total. The molecule has 1 aliphatic heterocycles. The molecule has 0 spiro atoms. The van der Waals surface area contributed by atoms with Gasteiger partial charge in [-0.05, 0) is 44.7 Å². The van der Waals surface area contributed by atoms with Crippen LogP contribution in [0.1, 0.15) is 46.0 Å². The van der Waals surface area contributed by atoms with Crippen LogP contribution in [0.5, 0.6) is 0 Å². The SMILES string of the molecule is CC(C)CC1CCCN1CCCC(=O)O. The number of carbonyl (C=O) groups is 1. The number of carboxylic acid groups (broad SMARTS) is 1. The molecule has 0 amide bonds. The Bertz CT molecular complexity index is 204.